The van der Waals surface area contributed by atoms with Gasteiger partial charge in [0.15, 0.2) is 0 Å². The van der Waals surface area contributed by atoms with Crippen molar-refractivity contribution in [2.24, 2.45) is 5.73 Å². The van der Waals surface area contributed by atoms with E-state index in [0.717, 1.165) is 12.1 Å². The molecule has 0 aliphatic heterocycles. The molecule has 1 unspecified atom stereocenters. The van der Waals surface area contributed by atoms with E-state index in [-0.39, 0.29) is 29.4 Å². The first-order valence-electron chi connectivity index (χ1n) is 5.32. The number of nitro benzene ring substituents is 1. The average Bonchev–Trinajstić information content (AvgIpc) is 2.31. The molecule has 0 aliphatic carbocycles. The van der Waals surface area contributed by atoms with Crippen LogP contribution in [0.25, 0.3) is 0 Å². The Balaban J connectivity index is 3.14. The summed E-state index contributed by atoms with van der Waals surface area (Å²) in [6, 6.07) is 1.66. The summed E-state index contributed by atoms with van der Waals surface area (Å²) in [5.41, 5.74) is 4.71. The van der Waals surface area contributed by atoms with Gasteiger partial charge in [0.1, 0.15) is 5.82 Å². The number of benzene rings is 1. The van der Waals surface area contributed by atoms with Crippen molar-refractivity contribution in [3.63, 3.8) is 0 Å². The van der Waals surface area contributed by atoms with Gasteiger partial charge in [0, 0.05) is 24.7 Å². The number of amides is 1. The second-order valence-corrected chi connectivity index (χ2v) is 3.99. The average molecular weight is 255 g/mol. The van der Waals surface area contributed by atoms with Crippen LogP contribution in [-0.2, 0) is 0 Å². The van der Waals surface area contributed by atoms with Crippen molar-refractivity contribution in [3.05, 3.63) is 39.2 Å². The zero-order valence-electron chi connectivity index (χ0n) is 10.1. The molecule has 0 saturated heterocycles. The van der Waals surface area contributed by atoms with Crippen LogP contribution in [0.15, 0.2) is 12.1 Å². The first kappa shape index (κ1) is 14.0. The highest BCUT2D eigenvalue weighted by Crippen LogP contribution is 2.21. The molecule has 0 aromatic heterocycles. The molecular formula is C11H14FN3O3. The lowest BCUT2D eigenvalue weighted by atomic mass is 10.1. The molecule has 0 heterocycles. The van der Waals surface area contributed by atoms with E-state index in [1.807, 2.05) is 0 Å². The molecule has 0 fully saturated rings. The van der Waals surface area contributed by atoms with E-state index in [4.69, 9.17) is 5.73 Å². The van der Waals surface area contributed by atoms with Crippen LogP contribution in [-0.4, -0.2) is 23.4 Å². The third-order valence-corrected chi connectivity index (χ3v) is 2.43. The van der Waals surface area contributed by atoms with Crippen LogP contribution < -0.4 is 11.1 Å². The van der Waals surface area contributed by atoms with Crippen LogP contribution in [0, 0.1) is 22.9 Å². The third kappa shape index (κ3) is 3.01. The van der Waals surface area contributed by atoms with Gasteiger partial charge in [-0.3, -0.25) is 14.9 Å². The number of hydrogen-bond donors (Lipinski definition) is 2. The summed E-state index contributed by atoms with van der Waals surface area (Å²) < 4.78 is 13.7. The van der Waals surface area contributed by atoms with Gasteiger partial charge in [-0.15, -0.1) is 0 Å². The maximum Gasteiger partial charge on any atom is 0.270 e. The number of carbonyl (C=O) groups excluding carboxylic acids is 1. The van der Waals surface area contributed by atoms with Crippen molar-refractivity contribution >= 4 is 11.6 Å². The number of nitrogens with zero attached hydrogens (tertiary/aromatic N) is 1. The third-order valence-electron chi connectivity index (χ3n) is 2.43. The van der Waals surface area contributed by atoms with Gasteiger partial charge in [-0.05, 0) is 19.4 Å². The van der Waals surface area contributed by atoms with Crippen molar-refractivity contribution in [1.82, 2.24) is 5.32 Å². The van der Waals surface area contributed by atoms with Crippen LogP contribution in [0.3, 0.4) is 0 Å². The van der Waals surface area contributed by atoms with E-state index in [0.29, 0.717) is 0 Å². The van der Waals surface area contributed by atoms with E-state index in [2.05, 4.69) is 5.32 Å². The molecule has 1 atom stereocenters. The molecule has 1 rings (SSSR count). The highest BCUT2D eigenvalue weighted by atomic mass is 19.1. The van der Waals surface area contributed by atoms with E-state index in [9.17, 15) is 19.3 Å². The number of carbonyl (C=O) groups is 1. The summed E-state index contributed by atoms with van der Waals surface area (Å²) in [4.78, 5) is 21.7. The highest BCUT2D eigenvalue weighted by molar-refractivity contribution is 5.95. The van der Waals surface area contributed by atoms with Gasteiger partial charge in [0.2, 0.25) is 0 Å². The van der Waals surface area contributed by atoms with Gasteiger partial charge in [0.25, 0.3) is 11.6 Å². The Hall–Kier alpha value is -2.02. The van der Waals surface area contributed by atoms with Crippen LogP contribution in [0.5, 0.6) is 0 Å². The Kier molecular flexibility index (Phi) is 4.33. The minimum atomic E-state index is -0.762. The van der Waals surface area contributed by atoms with Crippen molar-refractivity contribution in [1.29, 1.82) is 0 Å². The van der Waals surface area contributed by atoms with Crippen LogP contribution in [0.4, 0.5) is 10.1 Å². The SMILES string of the molecule is Cc1cc([N+](=O)[O-])cc(C(=O)NC(C)CN)c1F. The van der Waals surface area contributed by atoms with E-state index in [1.54, 1.807) is 6.92 Å². The second kappa shape index (κ2) is 5.54. The Bertz CT molecular complexity index is 491. The Morgan fingerprint density at radius 2 is 2.22 bits per heavy atom. The minimum Gasteiger partial charge on any atom is -0.348 e. The summed E-state index contributed by atoms with van der Waals surface area (Å²) >= 11 is 0. The first-order valence-corrected chi connectivity index (χ1v) is 5.32. The number of nitrogens with one attached hydrogen (secondary N) is 1. The summed E-state index contributed by atoms with van der Waals surface area (Å²) in [5.74, 6) is -1.47. The molecule has 0 spiro atoms. The molecular weight excluding hydrogens is 241 g/mol. The minimum absolute atomic E-state index is 0.0507. The molecule has 1 amide bonds. The maximum absolute atomic E-state index is 13.7. The quantitative estimate of drug-likeness (QED) is 0.622. The van der Waals surface area contributed by atoms with Crippen LogP contribution in [0.2, 0.25) is 0 Å². The van der Waals surface area contributed by atoms with Gasteiger partial charge in [-0.25, -0.2) is 4.39 Å². The van der Waals surface area contributed by atoms with E-state index in [1.165, 1.54) is 6.92 Å². The standard InChI is InChI=1S/C11H14FN3O3/c1-6-3-8(15(17)18)4-9(10(6)12)11(16)14-7(2)5-13/h3-4,7H,5,13H2,1-2H3,(H,14,16). The molecule has 1 aromatic carbocycles. The van der Waals surface area contributed by atoms with Crippen molar-refractivity contribution in [3.8, 4) is 0 Å². The Labute approximate surface area is 103 Å². The topological polar surface area (TPSA) is 98.3 Å². The fourth-order valence-electron chi connectivity index (χ4n) is 1.38. The van der Waals surface area contributed by atoms with Gasteiger partial charge in [-0.1, -0.05) is 0 Å². The van der Waals surface area contributed by atoms with E-state index < -0.39 is 16.6 Å². The van der Waals surface area contributed by atoms with Crippen molar-refractivity contribution < 1.29 is 14.1 Å². The number of nitro groups is 1. The van der Waals surface area contributed by atoms with Crippen molar-refractivity contribution in [2.75, 3.05) is 6.54 Å². The second-order valence-electron chi connectivity index (χ2n) is 3.99. The number of aryl methyl sites for hydroxylation is 1. The molecule has 6 nitrogen and oxygen atoms in total. The van der Waals surface area contributed by atoms with Gasteiger partial charge >= 0.3 is 0 Å². The Morgan fingerprint density at radius 1 is 1.61 bits per heavy atom. The largest absolute Gasteiger partial charge is 0.348 e. The summed E-state index contributed by atoms with van der Waals surface area (Å²) in [5, 5.41) is 13.1. The normalized spacial score (nSPS) is 12.0. The predicted molar refractivity (Wildman–Crippen MR) is 63.8 cm³/mol. The monoisotopic (exact) mass is 255 g/mol. The smallest absolute Gasteiger partial charge is 0.270 e. The first-order chi connectivity index (χ1) is 8.36. The number of hydrogen-bond acceptors (Lipinski definition) is 4. The molecule has 7 heteroatoms. The van der Waals surface area contributed by atoms with Crippen LogP contribution in [0.1, 0.15) is 22.8 Å². The number of nitrogens with two attached hydrogens (primary N) is 1. The maximum atomic E-state index is 13.7. The molecule has 1 aromatic rings. The fraction of sp³-hybridized carbons (Fsp3) is 0.364. The summed E-state index contributed by atoms with van der Waals surface area (Å²) in [6.07, 6.45) is 0. The van der Waals surface area contributed by atoms with Crippen LogP contribution >= 0.6 is 0 Å². The summed E-state index contributed by atoms with van der Waals surface area (Å²) in [7, 11) is 0. The zero-order valence-corrected chi connectivity index (χ0v) is 10.1. The number of halogens is 1. The molecule has 0 aliphatic rings. The predicted octanol–water partition coefficient (Wildman–Crippen LogP) is 1.12. The zero-order chi connectivity index (χ0) is 13.9. The molecule has 0 radical (unpaired) electrons. The lowest BCUT2D eigenvalue weighted by molar-refractivity contribution is -0.385. The fourth-order valence-corrected chi connectivity index (χ4v) is 1.38. The lowest BCUT2D eigenvalue weighted by Gasteiger charge is -2.12. The molecule has 18 heavy (non-hydrogen) atoms. The molecule has 98 valence electrons. The van der Waals surface area contributed by atoms with Gasteiger partial charge in [-0.2, -0.15) is 0 Å². The number of non-ortho nitro benzene ring substituents is 1. The van der Waals surface area contributed by atoms with Gasteiger partial charge < -0.3 is 11.1 Å². The van der Waals surface area contributed by atoms with Gasteiger partial charge in [0.05, 0.1) is 10.5 Å². The highest BCUT2D eigenvalue weighted by Gasteiger charge is 2.20. The van der Waals surface area contributed by atoms with Crippen molar-refractivity contribution in [2.45, 2.75) is 19.9 Å². The Morgan fingerprint density at radius 3 is 2.72 bits per heavy atom. The molecule has 0 saturated carbocycles. The number of rotatable bonds is 4. The summed E-state index contributed by atoms with van der Waals surface area (Å²) in [6.45, 7) is 3.22. The molecule has 3 N–H and O–H groups in total. The lowest BCUT2D eigenvalue weighted by Crippen LogP contribution is -2.38. The van der Waals surface area contributed by atoms with E-state index >= 15 is 0 Å². The molecule has 0 bridgehead atoms.